The SMILES string of the molecule is COC[C@H](NC(=O)OCC1c2ccccc2-c2ccccc21)C(=O)N1NC(=O)CC1C(=O)O. The van der Waals surface area contributed by atoms with E-state index in [1.54, 1.807) is 0 Å². The van der Waals surface area contributed by atoms with Gasteiger partial charge in [-0.05, 0) is 22.3 Å². The predicted molar refractivity (Wildman–Crippen MR) is 115 cm³/mol. The monoisotopic (exact) mass is 453 g/mol. The molecular formula is C23H23N3O7. The first-order valence-corrected chi connectivity index (χ1v) is 10.4. The molecule has 33 heavy (non-hydrogen) atoms. The second-order valence-electron chi connectivity index (χ2n) is 7.78. The molecule has 10 nitrogen and oxygen atoms in total. The zero-order valence-corrected chi connectivity index (χ0v) is 17.8. The normalized spacial score (nSPS) is 17.7. The number of hydrogen-bond acceptors (Lipinski definition) is 6. The summed E-state index contributed by atoms with van der Waals surface area (Å²) in [6.07, 6.45) is -1.23. The van der Waals surface area contributed by atoms with Gasteiger partial charge in [-0.1, -0.05) is 48.5 Å². The van der Waals surface area contributed by atoms with Crippen LogP contribution in [0.25, 0.3) is 11.1 Å². The molecule has 2 aromatic rings. The standard InChI is InChI=1S/C23H23N3O7/c1-32-12-18(21(28)26-19(22(29)30)10-20(27)25-26)24-23(31)33-11-17-15-8-4-2-6-13(15)14-7-3-5-9-16(14)17/h2-9,17-19H,10-12H2,1H3,(H,24,31)(H,25,27)(H,29,30)/t18-,19?/m0/s1. The molecule has 0 radical (unpaired) electrons. The predicted octanol–water partition coefficient (Wildman–Crippen LogP) is 1.26. The number of ether oxygens (including phenoxy) is 2. The summed E-state index contributed by atoms with van der Waals surface area (Å²) in [5.74, 6) is -2.91. The smallest absolute Gasteiger partial charge is 0.407 e. The average molecular weight is 453 g/mol. The number of alkyl carbamates (subject to hydrolysis) is 1. The Morgan fingerprint density at radius 1 is 1.12 bits per heavy atom. The van der Waals surface area contributed by atoms with Crippen molar-refractivity contribution in [2.24, 2.45) is 0 Å². The summed E-state index contributed by atoms with van der Waals surface area (Å²) in [5, 5.41) is 12.4. The van der Waals surface area contributed by atoms with Gasteiger partial charge in [0.25, 0.3) is 5.91 Å². The average Bonchev–Trinajstić information content (AvgIpc) is 3.35. The van der Waals surface area contributed by atoms with Gasteiger partial charge in [-0.3, -0.25) is 15.0 Å². The maximum Gasteiger partial charge on any atom is 0.407 e. The van der Waals surface area contributed by atoms with Crippen LogP contribution < -0.4 is 10.7 Å². The number of carboxylic acid groups (broad SMARTS) is 1. The molecule has 0 bridgehead atoms. The van der Waals surface area contributed by atoms with E-state index in [-0.39, 0.29) is 25.6 Å². The molecule has 1 fully saturated rings. The molecule has 1 unspecified atom stereocenters. The third-order valence-corrected chi connectivity index (χ3v) is 5.73. The number of aliphatic carboxylic acids is 1. The van der Waals surface area contributed by atoms with Crippen LogP contribution in [0.2, 0.25) is 0 Å². The molecule has 3 N–H and O–H groups in total. The van der Waals surface area contributed by atoms with Crippen LogP contribution in [0.5, 0.6) is 0 Å². The molecule has 3 amide bonds. The van der Waals surface area contributed by atoms with E-state index in [0.29, 0.717) is 5.01 Å². The van der Waals surface area contributed by atoms with Gasteiger partial charge in [0.15, 0.2) is 6.04 Å². The highest BCUT2D eigenvalue weighted by molar-refractivity contribution is 5.96. The minimum atomic E-state index is -1.37. The summed E-state index contributed by atoms with van der Waals surface area (Å²) >= 11 is 0. The largest absolute Gasteiger partial charge is 0.480 e. The minimum absolute atomic E-state index is 0.0476. The van der Waals surface area contributed by atoms with E-state index in [4.69, 9.17) is 9.47 Å². The molecule has 1 aliphatic carbocycles. The van der Waals surface area contributed by atoms with Crippen LogP contribution in [-0.2, 0) is 23.9 Å². The summed E-state index contributed by atoms with van der Waals surface area (Å²) in [6.45, 7) is -0.187. The van der Waals surface area contributed by atoms with Crippen molar-refractivity contribution in [3.8, 4) is 11.1 Å². The van der Waals surface area contributed by atoms with Crippen molar-refractivity contribution in [1.82, 2.24) is 15.8 Å². The van der Waals surface area contributed by atoms with Crippen LogP contribution in [0.4, 0.5) is 4.79 Å². The van der Waals surface area contributed by atoms with Gasteiger partial charge in [-0.25, -0.2) is 14.6 Å². The molecule has 4 rings (SSSR count). The van der Waals surface area contributed by atoms with Gasteiger partial charge in [0.05, 0.1) is 13.0 Å². The van der Waals surface area contributed by atoms with Crippen LogP contribution in [0, 0.1) is 0 Å². The van der Waals surface area contributed by atoms with Crippen LogP contribution >= 0.6 is 0 Å². The van der Waals surface area contributed by atoms with Crippen molar-refractivity contribution in [3.05, 3.63) is 59.7 Å². The van der Waals surface area contributed by atoms with Gasteiger partial charge >= 0.3 is 12.1 Å². The summed E-state index contributed by atoms with van der Waals surface area (Å²) in [4.78, 5) is 48.4. The minimum Gasteiger partial charge on any atom is -0.480 e. The Morgan fingerprint density at radius 2 is 1.73 bits per heavy atom. The zero-order valence-electron chi connectivity index (χ0n) is 17.8. The number of amides is 3. The summed E-state index contributed by atoms with van der Waals surface area (Å²) in [6, 6.07) is 13.2. The van der Waals surface area contributed by atoms with E-state index in [1.807, 2.05) is 48.5 Å². The highest BCUT2D eigenvalue weighted by atomic mass is 16.5. The number of hydrogen-bond donors (Lipinski definition) is 3. The molecule has 2 aliphatic rings. The van der Waals surface area contributed by atoms with Gasteiger partial charge in [-0.2, -0.15) is 0 Å². The summed E-state index contributed by atoms with van der Waals surface area (Å²) in [7, 11) is 1.33. The number of hydrazine groups is 1. The molecule has 0 spiro atoms. The summed E-state index contributed by atoms with van der Waals surface area (Å²) < 4.78 is 10.4. The quantitative estimate of drug-likeness (QED) is 0.574. The van der Waals surface area contributed by atoms with E-state index in [1.165, 1.54) is 7.11 Å². The Kier molecular flexibility index (Phi) is 6.27. The van der Waals surface area contributed by atoms with Crippen LogP contribution in [0.15, 0.2) is 48.5 Å². The number of carbonyl (C=O) groups excluding carboxylic acids is 3. The number of methoxy groups -OCH3 is 1. The number of carbonyl (C=O) groups is 4. The maximum atomic E-state index is 12.8. The molecule has 0 aromatic heterocycles. The van der Waals surface area contributed by atoms with Gasteiger partial charge in [0.2, 0.25) is 5.91 Å². The lowest BCUT2D eigenvalue weighted by Crippen LogP contribution is -2.56. The Balaban J connectivity index is 1.44. The number of nitrogens with zero attached hydrogens (tertiary/aromatic N) is 1. The fourth-order valence-corrected chi connectivity index (χ4v) is 4.22. The molecule has 1 heterocycles. The molecule has 10 heteroatoms. The Labute approximate surface area is 189 Å². The lowest BCUT2D eigenvalue weighted by Gasteiger charge is -2.26. The summed E-state index contributed by atoms with van der Waals surface area (Å²) in [5.41, 5.74) is 6.46. The molecule has 172 valence electrons. The molecule has 1 aliphatic heterocycles. The lowest BCUT2D eigenvalue weighted by molar-refractivity contribution is -0.152. The fourth-order valence-electron chi connectivity index (χ4n) is 4.22. The number of fused-ring (bicyclic) bond motifs is 3. The zero-order chi connectivity index (χ0) is 23.5. The van der Waals surface area contributed by atoms with Crippen LogP contribution in [-0.4, -0.2) is 66.4 Å². The molecule has 2 atom stereocenters. The highest BCUT2D eigenvalue weighted by Crippen LogP contribution is 2.44. The molecule has 2 aromatic carbocycles. The number of carboxylic acids is 1. The second-order valence-corrected chi connectivity index (χ2v) is 7.78. The highest BCUT2D eigenvalue weighted by Gasteiger charge is 2.42. The first kappa shape index (κ1) is 22.3. The molecule has 1 saturated heterocycles. The van der Waals surface area contributed by atoms with Gasteiger partial charge in [0, 0.05) is 13.0 Å². The number of rotatable bonds is 7. The fraction of sp³-hybridized carbons (Fsp3) is 0.304. The van der Waals surface area contributed by atoms with E-state index in [2.05, 4.69) is 10.7 Å². The van der Waals surface area contributed by atoms with Gasteiger partial charge in [-0.15, -0.1) is 0 Å². The maximum absolute atomic E-state index is 12.8. The Hall–Kier alpha value is -3.92. The third kappa shape index (κ3) is 4.37. The van der Waals surface area contributed by atoms with Gasteiger partial charge < -0.3 is 19.9 Å². The van der Waals surface area contributed by atoms with Crippen molar-refractivity contribution in [2.45, 2.75) is 24.4 Å². The van der Waals surface area contributed by atoms with Crippen molar-refractivity contribution in [1.29, 1.82) is 0 Å². The molecule has 0 saturated carbocycles. The van der Waals surface area contributed by atoms with Crippen molar-refractivity contribution in [3.63, 3.8) is 0 Å². The van der Waals surface area contributed by atoms with E-state index in [0.717, 1.165) is 22.3 Å². The van der Waals surface area contributed by atoms with Crippen molar-refractivity contribution >= 4 is 23.9 Å². The Bertz CT molecular complexity index is 1060. The number of nitrogens with one attached hydrogen (secondary N) is 2. The number of benzene rings is 2. The Morgan fingerprint density at radius 3 is 2.30 bits per heavy atom. The van der Waals surface area contributed by atoms with E-state index >= 15 is 0 Å². The first-order valence-electron chi connectivity index (χ1n) is 10.4. The second kappa shape index (κ2) is 9.29. The lowest BCUT2D eigenvalue weighted by atomic mass is 9.98. The molecular weight excluding hydrogens is 430 g/mol. The van der Waals surface area contributed by atoms with Crippen LogP contribution in [0.1, 0.15) is 23.5 Å². The van der Waals surface area contributed by atoms with Crippen LogP contribution in [0.3, 0.4) is 0 Å². The first-order chi connectivity index (χ1) is 15.9. The topological polar surface area (TPSA) is 134 Å². The van der Waals surface area contributed by atoms with Crippen molar-refractivity contribution < 1.29 is 33.8 Å². The van der Waals surface area contributed by atoms with E-state index in [9.17, 15) is 24.3 Å². The van der Waals surface area contributed by atoms with E-state index < -0.39 is 36.0 Å². The van der Waals surface area contributed by atoms with Crippen molar-refractivity contribution in [2.75, 3.05) is 20.3 Å². The third-order valence-electron chi connectivity index (χ3n) is 5.73. The van der Waals surface area contributed by atoms with Gasteiger partial charge in [0.1, 0.15) is 12.6 Å².